The molecule has 0 unspecified atom stereocenters. The van der Waals surface area contributed by atoms with Crippen LogP contribution < -0.4 is 0 Å². The van der Waals surface area contributed by atoms with Crippen LogP contribution in [0.2, 0.25) is 0 Å². The molecule has 0 N–H and O–H groups in total. The number of Topliss-reactive ketones (excluding diaryl/α,β-unsaturated/α-hetero) is 1. The standard InChI is InChI=1S/C13H23NO2/c1-2-3-4-5-6-7-8-9-10-13(15)11-12-14-16/h2H,1,3-12H2. The monoisotopic (exact) mass is 225 g/mol. The van der Waals surface area contributed by atoms with E-state index in [0.717, 1.165) is 19.3 Å². The highest BCUT2D eigenvalue weighted by atomic mass is 16.3. The third-order valence-corrected chi connectivity index (χ3v) is 2.60. The van der Waals surface area contributed by atoms with Crippen molar-refractivity contribution in [1.29, 1.82) is 0 Å². The summed E-state index contributed by atoms with van der Waals surface area (Å²) in [4.78, 5) is 21.0. The minimum atomic E-state index is 0.139. The lowest BCUT2D eigenvalue weighted by Gasteiger charge is -2.00. The summed E-state index contributed by atoms with van der Waals surface area (Å²) < 4.78 is 0. The van der Waals surface area contributed by atoms with Gasteiger partial charge in [0.25, 0.3) is 0 Å². The number of nitroso groups, excluding NO2 is 1. The Hall–Kier alpha value is -0.990. The minimum absolute atomic E-state index is 0.139. The summed E-state index contributed by atoms with van der Waals surface area (Å²) in [6.45, 7) is 3.82. The Balaban J connectivity index is 3.11. The quantitative estimate of drug-likeness (QED) is 0.286. The van der Waals surface area contributed by atoms with Crippen molar-refractivity contribution in [1.82, 2.24) is 0 Å². The summed E-state index contributed by atoms with van der Waals surface area (Å²) in [5.41, 5.74) is 0. The Morgan fingerprint density at radius 1 is 1.00 bits per heavy atom. The molecule has 3 heteroatoms. The van der Waals surface area contributed by atoms with E-state index in [-0.39, 0.29) is 12.3 Å². The summed E-state index contributed by atoms with van der Waals surface area (Å²) in [5.74, 6) is 0.172. The molecule has 0 aromatic rings. The number of allylic oxidation sites excluding steroid dienone is 1. The first-order chi connectivity index (χ1) is 7.81. The van der Waals surface area contributed by atoms with E-state index in [2.05, 4.69) is 11.8 Å². The van der Waals surface area contributed by atoms with Gasteiger partial charge in [-0.3, -0.25) is 4.79 Å². The van der Waals surface area contributed by atoms with Crippen LogP contribution in [0.15, 0.2) is 17.8 Å². The zero-order valence-electron chi connectivity index (χ0n) is 10.1. The number of hydrogen-bond donors (Lipinski definition) is 0. The first kappa shape index (κ1) is 15.0. The van der Waals surface area contributed by atoms with Crippen molar-refractivity contribution in [2.75, 3.05) is 6.54 Å². The van der Waals surface area contributed by atoms with E-state index in [0.29, 0.717) is 12.8 Å². The molecule has 0 aliphatic carbocycles. The van der Waals surface area contributed by atoms with Crippen LogP contribution >= 0.6 is 0 Å². The van der Waals surface area contributed by atoms with Crippen molar-refractivity contribution in [3.05, 3.63) is 17.6 Å². The lowest BCUT2D eigenvalue weighted by molar-refractivity contribution is -0.119. The fourth-order valence-electron chi connectivity index (χ4n) is 1.61. The van der Waals surface area contributed by atoms with E-state index >= 15 is 0 Å². The summed E-state index contributed by atoms with van der Waals surface area (Å²) in [6, 6.07) is 0. The second kappa shape index (κ2) is 12.1. The van der Waals surface area contributed by atoms with E-state index in [1.54, 1.807) is 0 Å². The summed E-state index contributed by atoms with van der Waals surface area (Å²) >= 11 is 0. The number of ketones is 1. The van der Waals surface area contributed by atoms with E-state index in [1.807, 2.05) is 6.08 Å². The van der Waals surface area contributed by atoms with Gasteiger partial charge in [-0.1, -0.05) is 36.9 Å². The molecule has 3 nitrogen and oxygen atoms in total. The van der Waals surface area contributed by atoms with Gasteiger partial charge in [-0.2, -0.15) is 4.91 Å². The van der Waals surface area contributed by atoms with Gasteiger partial charge < -0.3 is 0 Å². The van der Waals surface area contributed by atoms with Gasteiger partial charge in [-0.25, -0.2) is 0 Å². The van der Waals surface area contributed by atoms with Gasteiger partial charge in [0.05, 0.1) is 6.54 Å². The van der Waals surface area contributed by atoms with Crippen LogP contribution in [0.5, 0.6) is 0 Å². The van der Waals surface area contributed by atoms with Gasteiger partial charge in [-0.05, 0) is 19.3 Å². The molecule has 92 valence electrons. The second-order valence-corrected chi connectivity index (χ2v) is 4.09. The molecule has 0 bridgehead atoms. The molecule has 0 fully saturated rings. The molecule has 0 aliphatic rings. The van der Waals surface area contributed by atoms with Crippen LogP contribution in [0.3, 0.4) is 0 Å². The number of rotatable bonds is 12. The van der Waals surface area contributed by atoms with Crippen molar-refractivity contribution >= 4 is 5.78 Å². The maximum absolute atomic E-state index is 11.2. The van der Waals surface area contributed by atoms with Crippen LogP contribution in [0.25, 0.3) is 0 Å². The van der Waals surface area contributed by atoms with E-state index in [1.165, 1.54) is 25.7 Å². The van der Waals surface area contributed by atoms with Crippen LogP contribution in [-0.2, 0) is 4.79 Å². The fourth-order valence-corrected chi connectivity index (χ4v) is 1.61. The van der Waals surface area contributed by atoms with Crippen molar-refractivity contribution < 1.29 is 4.79 Å². The molecule has 0 amide bonds. The van der Waals surface area contributed by atoms with Crippen LogP contribution in [0.1, 0.15) is 57.8 Å². The average Bonchev–Trinajstić information content (AvgIpc) is 2.30. The van der Waals surface area contributed by atoms with E-state index in [9.17, 15) is 9.70 Å². The van der Waals surface area contributed by atoms with Crippen LogP contribution in [0, 0.1) is 4.91 Å². The molecular weight excluding hydrogens is 202 g/mol. The Bertz CT molecular complexity index is 202. The first-order valence-electron chi connectivity index (χ1n) is 6.23. The third-order valence-electron chi connectivity index (χ3n) is 2.60. The van der Waals surface area contributed by atoms with Gasteiger partial charge >= 0.3 is 0 Å². The molecule has 0 saturated heterocycles. The lowest BCUT2D eigenvalue weighted by Crippen LogP contribution is -1.99. The maximum Gasteiger partial charge on any atom is 0.134 e. The van der Waals surface area contributed by atoms with E-state index < -0.39 is 0 Å². The Morgan fingerprint density at radius 2 is 1.62 bits per heavy atom. The molecule has 0 saturated carbocycles. The SMILES string of the molecule is C=CCCCCCCCCC(=O)CCN=O. The lowest BCUT2D eigenvalue weighted by atomic mass is 10.1. The van der Waals surface area contributed by atoms with Gasteiger partial charge in [0.15, 0.2) is 0 Å². The third kappa shape index (κ3) is 11.1. The molecule has 0 aromatic heterocycles. The highest BCUT2D eigenvalue weighted by molar-refractivity contribution is 5.78. The summed E-state index contributed by atoms with van der Waals surface area (Å²) in [7, 11) is 0. The molecular formula is C13H23NO2. The topological polar surface area (TPSA) is 46.5 Å². The first-order valence-corrected chi connectivity index (χ1v) is 6.23. The number of nitrogens with zero attached hydrogens (tertiary/aromatic N) is 1. The summed E-state index contributed by atoms with van der Waals surface area (Å²) in [5, 5.41) is 2.68. The van der Waals surface area contributed by atoms with Crippen molar-refractivity contribution in [2.45, 2.75) is 57.8 Å². The van der Waals surface area contributed by atoms with Crippen molar-refractivity contribution in [2.24, 2.45) is 5.18 Å². The Morgan fingerprint density at radius 3 is 2.25 bits per heavy atom. The Kier molecular flexibility index (Phi) is 11.3. The minimum Gasteiger partial charge on any atom is -0.300 e. The van der Waals surface area contributed by atoms with Crippen LogP contribution in [-0.4, -0.2) is 12.3 Å². The smallest absolute Gasteiger partial charge is 0.134 e. The Labute approximate surface area is 98.3 Å². The highest BCUT2D eigenvalue weighted by Gasteiger charge is 2.01. The number of hydrogen-bond acceptors (Lipinski definition) is 3. The van der Waals surface area contributed by atoms with Crippen molar-refractivity contribution in [3.8, 4) is 0 Å². The van der Waals surface area contributed by atoms with Gasteiger partial charge in [0.1, 0.15) is 5.78 Å². The predicted molar refractivity (Wildman–Crippen MR) is 67.4 cm³/mol. The van der Waals surface area contributed by atoms with Gasteiger partial charge in [0.2, 0.25) is 0 Å². The fraction of sp³-hybridized carbons (Fsp3) is 0.769. The molecule has 0 aliphatic heterocycles. The number of carbonyl (C=O) groups excluding carboxylic acids is 1. The average molecular weight is 225 g/mol. The number of carbonyl (C=O) groups is 1. The molecule has 0 rings (SSSR count). The molecule has 0 heterocycles. The number of unbranched alkanes of at least 4 members (excludes halogenated alkanes) is 6. The molecule has 0 atom stereocenters. The maximum atomic E-state index is 11.2. The molecule has 0 aromatic carbocycles. The summed E-state index contributed by atoms with van der Waals surface area (Å²) in [6.07, 6.45) is 11.0. The normalized spacial score (nSPS) is 10.0. The molecule has 16 heavy (non-hydrogen) atoms. The van der Waals surface area contributed by atoms with Gasteiger partial charge in [-0.15, -0.1) is 6.58 Å². The zero-order chi connectivity index (χ0) is 12.1. The van der Waals surface area contributed by atoms with Gasteiger partial charge in [0, 0.05) is 12.8 Å². The largest absolute Gasteiger partial charge is 0.300 e. The van der Waals surface area contributed by atoms with E-state index in [4.69, 9.17) is 0 Å². The second-order valence-electron chi connectivity index (χ2n) is 4.09. The van der Waals surface area contributed by atoms with Crippen LogP contribution in [0.4, 0.5) is 0 Å². The predicted octanol–water partition coefficient (Wildman–Crippen LogP) is 4.02. The van der Waals surface area contributed by atoms with Crippen molar-refractivity contribution in [3.63, 3.8) is 0 Å². The highest BCUT2D eigenvalue weighted by Crippen LogP contribution is 2.09. The zero-order valence-corrected chi connectivity index (χ0v) is 10.1. The molecule has 0 spiro atoms. The molecule has 0 radical (unpaired) electrons.